The van der Waals surface area contributed by atoms with Gasteiger partial charge in [0, 0.05) is 16.7 Å². The van der Waals surface area contributed by atoms with Crippen molar-refractivity contribution in [2.75, 3.05) is 12.4 Å². The number of carbonyl (C=O) groups excluding carboxylic acids is 2. The number of rotatable bonds is 6. The van der Waals surface area contributed by atoms with Crippen molar-refractivity contribution in [1.29, 1.82) is 5.26 Å². The summed E-state index contributed by atoms with van der Waals surface area (Å²) in [6, 6.07) is 9.09. The van der Waals surface area contributed by atoms with Crippen LogP contribution in [0.2, 0.25) is 5.02 Å². The quantitative estimate of drug-likeness (QED) is 0.750. The lowest BCUT2D eigenvalue weighted by atomic mass is 9.77. The van der Waals surface area contributed by atoms with E-state index >= 15 is 0 Å². The Hall–Kier alpha value is -2.30. The summed E-state index contributed by atoms with van der Waals surface area (Å²) < 4.78 is 5.19. The topological polar surface area (TPSA) is 106 Å². The molecule has 1 aromatic rings. The molecule has 0 saturated heterocycles. The summed E-state index contributed by atoms with van der Waals surface area (Å²) in [5.41, 5.74) is 6.78. The van der Waals surface area contributed by atoms with Gasteiger partial charge in [0.2, 0.25) is 5.91 Å². The second-order valence-electron chi connectivity index (χ2n) is 5.60. The molecular weight excluding hydrogens is 374 g/mol. The molecule has 2 atom stereocenters. The molecule has 0 saturated carbocycles. The van der Waals surface area contributed by atoms with Crippen molar-refractivity contribution in [2.45, 2.75) is 19.8 Å². The lowest BCUT2D eigenvalue weighted by molar-refractivity contribution is -0.146. The first-order valence-electron chi connectivity index (χ1n) is 7.91. The van der Waals surface area contributed by atoms with Crippen molar-refractivity contribution in [3.8, 4) is 6.07 Å². The summed E-state index contributed by atoms with van der Waals surface area (Å²) >= 11 is 7.05. The maximum absolute atomic E-state index is 12.6. The van der Waals surface area contributed by atoms with Gasteiger partial charge in [0.25, 0.3) is 0 Å². The predicted octanol–water partition coefficient (Wildman–Crippen LogP) is 3.03. The molecule has 136 valence electrons. The fourth-order valence-electron chi connectivity index (χ4n) is 2.77. The molecule has 0 aromatic heterocycles. The van der Waals surface area contributed by atoms with Gasteiger partial charge in [-0.3, -0.25) is 9.59 Å². The number of nitrogens with two attached hydrogens (primary N) is 1. The Kier molecular flexibility index (Phi) is 6.83. The number of thioether (sulfide) groups is 1. The number of primary amides is 1. The lowest BCUT2D eigenvalue weighted by Gasteiger charge is -2.30. The first-order chi connectivity index (χ1) is 12.4. The number of nitriles is 1. The maximum Gasteiger partial charge on any atom is 0.315 e. The Labute approximate surface area is 161 Å². The second-order valence-corrected chi connectivity index (χ2v) is 7.00. The molecule has 0 radical (unpaired) electrons. The van der Waals surface area contributed by atoms with E-state index in [0.717, 1.165) is 17.3 Å². The van der Waals surface area contributed by atoms with Crippen molar-refractivity contribution < 1.29 is 14.3 Å². The fraction of sp³-hybridized carbons (Fsp3) is 0.333. The molecule has 0 spiro atoms. The van der Waals surface area contributed by atoms with Crippen molar-refractivity contribution in [3.63, 3.8) is 0 Å². The third-order valence-electron chi connectivity index (χ3n) is 3.84. The average Bonchev–Trinajstić information content (AvgIpc) is 2.60. The molecule has 2 N–H and O–H groups in total. The molecule has 0 bridgehead atoms. The van der Waals surface area contributed by atoms with Crippen LogP contribution in [-0.2, 0) is 14.3 Å². The summed E-state index contributed by atoms with van der Waals surface area (Å²) in [4.78, 5) is 28.1. The van der Waals surface area contributed by atoms with Gasteiger partial charge in [-0.1, -0.05) is 35.5 Å². The zero-order chi connectivity index (χ0) is 19.3. The standard InChI is InChI=1S/C18H18ClN3O3S/c1-3-25-18(24)15-10(2)22-17(26-9-14(21)23)13(8-20)16(15)11-4-6-12(19)7-5-11/h4-7,15-16H,3,9H2,1-2H3,(H2,21,23)/t15?,16-/m0/s1. The Balaban J connectivity index is 2.56. The second kappa shape index (κ2) is 8.88. The molecule has 1 unspecified atom stereocenters. The number of hydrogen-bond donors (Lipinski definition) is 1. The van der Waals surface area contributed by atoms with E-state index in [9.17, 15) is 14.9 Å². The zero-order valence-electron chi connectivity index (χ0n) is 14.4. The number of aliphatic imine (C=N–C) groups is 1. The number of esters is 1. The molecule has 6 nitrogen and oxygen atoms in total. The van der Waals surface area contributed by atoms with Crippen LogP contribution < -0.4 is 5.73 Å². The van der Waals surface area contributed by atoms with Crippen LogP contribution in [0.15, 0.2) is 39.9 Å². The Morgan fingerprint density at radius 1 is 1.38 bits per heavy atom. The van der Waals surface area contributed by atoms with Crippen LogP contribution >= 0.6 is 23.4 Å². The summed E-state index contributed by atoms with van der Waals surface area (Å²) in [6.07, 6.45) is 0. The SMILES string of the molecule is CCOC(=O)C1C(C)=NC(SCC(N)=O)=C(C#N)[C@@H]1c1ccc(Cl)cc1. The van der Waals surface area contributed by atoms with Crippen LogP contribution in [0.3, 0.4) is 0 Å². The van der Waals surface area contributed by atoms with E-state index in [1.807, 2.05) is 0 Å². The van der Waals surface area contributed by atoms with E-state index in [-0.39, 0.29) is 12.4 Å². The van der Waals surface area contributed by atoms with E-state index in [2.05, 4.69) is 11.1 Å². The van der Waals surface area contributed by atoms with Gasteiger partial charge in [0.1, 0.15) is 10.9 Å². The van der Waals surface area contributed by atoms with Gasteiger partial charge in [-0.15, -0.1) is 0 Å². The number of halogens is 1. The van der Waals surface area contributed by atoms with Crippen molar-refractivity contribution >= 4 is 41.0 Å². The number of amides is 1. The van der Waals surface area contributed by atoms with Crippen molar-refractivity contribution in [2.24, 2.45) is 16.6 Å². The third kappa shape index (κ3) is 4.45. The van der Waals surface area contributed by atoms with Gasteiger partial charge in [-0.05, 0) is 31.5 Å². The lowest BCUT2D eigenvalue weighted by Crippen LogP contribution is -2.34. The normalized spacial score (nSPS) is 19.5. The van der Waals surface area contributed by atoms with Gasteiger partial charge in [0.15, 0.2) is 0 Å². The summed E-state index contributed by atoms with van der Waals surface area (Å²) in [6.45, 7) is 3.66. The van der Waals surface area contributed by atoms with Crippen molar-refractivity contribution in [3.05, 3.63) is 45.5 Å². The first-order valence-corrected chi connectivity index (χ1v) is 9.28. The average molecular weight is 392 g/mol. The van der Waals surface area contributed by atoms with Crippen LogP contribution in [0.25, 0.3) is 0 Å². The highest BCUT2D eigenvalue weighted by atomic mass is 35.5. The van der Waals surface area contributed by atoms with Gasteiger partial charge in [-0.25, -0.2) is 4.99 Å². The molecular formula is C18H18ClN3O3S. The highest BCUT2D eigenvalue weighted by Crippen LogP contribution is 2.42. The summed E-state index contributed by atoms with van der Waals surface area (Å²) in [5.74, 6) is -2.24. The molecule has 1 amide bonds. The highest BCUT2D eigenvalue weighted by Gasteiger charge is 2.40. The molecule has 8 heteroatoms. The Bertz CT molecular complexity index is 812. The maximum atomic E-state index is 12.6. The number of ether oxygens (including phenoxy) is 1. The minimum Gasteiger partial charge on any atom is -0.465 e. The van der Waals surface area contributed by atoms with E-state index in [4.69, 9.17) is 22.1 Å². The monoisotopic (exact) mass is 391 g/mol. The van der Waals surface area contributed by atoms with Crippen LogP contribution in [0.1, 0.15) is 25.3 Å². The number of allylic oxidation sites excluding steroid dienone is 1. The number of nitrogens with zero attached hydrogens (tertiary/aromatic N) is 2. The molecule has 1 aliphatic rings. The van der Waals surface area contributed by atoms with Gasteiger partial charge in [-0.2, -0.15) is 5.26 Å². The number of benzene rings is 1. The number of hydrogen-bond acceptors (Lipinski definition) is 6. The molecule has 2 rings (SSSR count). The molecule has 0 aliphatic carbocycles. The van der Waals surface area contributed by atoms with E-state index in [1.54, 1.807) is 38.1 Å². The largest absolute Gasteiger partial charge is 0.465 e. The third-order valence-corrected chi connectivity index (χ3v) is 5.11. The Morgan fingerprint density at radius 3 is 2.58 bits per heavy atom. The van der Waals surface area contributed by atoms with Crippen LogP contribution in [0.5, 0.6) is 0 Å². The molecule has 1 aromatic carbocycles. The first kappa shape index (κ1) is 20.0. The molecule has 1 aliphatic heterocycles. The predicted molar refractivity (Wildman–Crippen MR) is 102 cm³/mol. The zero-order valence-corrected chi connectivity index (χ0v) is 15.9. The van der Waals surface area contributed by atoms with Gasteiger partial charge < -0.3 is 10.5 Å². The van der Waals surface area contributed by atoms with Gasteiger partial charge >= 0.3 is 5.97 Å². The summed E-state index contributed by atoms with van der Waals surface area (Å²) in [5, 5.41) is 10.7. The fourth-order valence-corrected chi connectivity index (χ4v) is 3.71. The number of carbonyl (C=O) groups is 2. The van der Waals surface area contributed by atoms with E-state index in [0.29, 0.717) is 21.3 Å². The smallest absolute Gasteiger partial charge is 0.315 e. The summed E-state index contributed by atoms with van der Waals surface area (Å²) in [7, 11) is 0. The van der Waals surface area contributed by atoms with Crippen LogP contribution in [0.4, 0.5) is 0 Å². The Morgan fingerprint density at radius 2 is 2.04 bits per heavy atom. The van der Waals surface area contributed by atoms with Crippen LogP contribution in [0, 0.1) is 17.2 Å². The van der Waals surface area contributed by atoms with E-state index < -0.39 is 23.7 Å². The molecule has 1 heterocycles. The van der Waals surface area contributed by atoms with E-state index in [1.165, 1.54) is 0 Å². The molecule has 26 heavy (non-hydrogen) atoms. The minimum atomic E-state index is -0.719. The highest BCUT2D eigenvalue weighted by molar-refractivity contribution is 8.03. The van der Waals surface area contributed by atoms with Crippen molar-refractivity contribution in [1.82, 2.24) is 0 Å². The van der Waals surface area contributed by atoms with Gasteiger partial charge in [0.05, 0.1) is 24.0 Å². The minimum absolute atomic E-state index is 0.00525. The molecule has 0 fully saturated rings. The van der Waals surface area contributed by atoms with Crippen LogP contribution in [-0.4, -0.2) is 29.9 Å².